The highest BCUT2D eigenvalue weighted by Gasteiger charge is 2.15. The van der Waals surface area contributed by atoms with Crippen LogP contribution in [0.4, 0.5) is 5.69 Å². The molecule has 0 radical (unpaired) electrons. The Kier molecular flexibility index (Phi) is 5.04. The summed E-state index contributed by atoms with van der Waals surface area (Å²) in [6.07, 6.45) is -0.0729. The Morgan fingerprint density at radius 3 is 2.52 bits per heavy atom. The van der Waals surface area contributed by atoms with Gasteiger partial charge in [0.05, 0.1) is 43.0 Å². The number of aromatic nitrogens is 2. The van der Waals surface area contributed by atoms with Gasteiger partial charge in [0.25, 0.3) is 5.56 Å². The zero-order valence-electron chi connectivity index (χ0n) is 14.7. The Morgan fingerprint density at radius 2 is 1.85 bits per heavy atom. The maximum Gasteiger partial charge on any atom is 0.272 e. The van der Waals surface area contributed by atoms with Gasteiger partial charge in [0.1, 0.15) is 6.07 Å². The first kappa shape index (κ1) is 17.9. The SMILES string of the molecule is COc1cc(C#N)c(NC(=O)Cc2n[nH]c(=O)c3ccccc23)cc1OC. The summed E-state index contributed by atoms with van der Waals surface area (Å²) in [4.78, 5) is 24.3. The van der Waals surface area contributed by atoms with Gasteiger partial charge in [0.15, 0.2) is 11.5 Å². The second-order valence-corrected chi connectivity index (χ2v) is 5.63. The highest BCUT2D eigenvalue weighted by molar-refractivity contribution is 5.96. The van der Waals surface area contributed by atoms with E-state index in [0.717, 1.165) is 0 Å². The molecule has 0 bridgehead atoms. The number of amides is 1. The van der Waals surface area contributed by atoms with Crippen LogP contribution in [-0.4, -0.2) is 30.3 Å². The first-order valence-electron chi connectivity index (χ1n) is 7.99. The largest absolute Gasteiger partial charge is 0.493 e. The van der Waals surface area contributed by atoms with Gasteiger partial charge in [0.2, 0.25) is 5.91 Å². The third kappa shape index (κ3) is 3.57. The number of H-pyrrole nitrogens is 1. The molecule has 0 spiro atoms. The molecule has 0 atom stereocenters. The fraction of sp³-hybridized carbons (Fsp3) is 0.158. The van der Waals surface area contributed by atoms with Crippen LogP contribution < -0.4 is 20.3 Å². The van der Waals surface area contributed by atoms with E-state index in [1.807, 2.05) is 6.07 Å². The van der Waals surface area contributed by atoms with Crippen LogP contribution >= 0.6 is 0 Å². The van der Waals surface area contributed by atoms with E-state index in [9.17, 15) is 14.9 Å². The first-order valence-corrected chi connectivity index (χ1v) is 7.99. The number of methoxy groups -OCH3 is 2. The topological polar surface area (TPSA) is 117 Å². The van der Waals surface area contributed by atoms with Crippen LogP contribution in [0.1, 0.15) is 11.3 Å². The van der Waals surface area contributed by atoms with Crippen LogP contribution in [0.5, 0.6) is 11.5 Å². The lowest BCUT2D eigenvalue weighted by Crippen LogP contribution is -2.19. The lowest BCUT2D eigenvalue weighted by molar-refractivity contribution is -0.115. The summed E-state index contributed by atoms with van der Waals surface area (Å²) in [6, 6.07) is 11.9. The number of rotatable bonds is 5. The highest BCUT2D eigenvalue weighted by Crippen LogP contribution is 2.33. The van der Waals surface area contributed by atoms with E-state index < -0.39 is 0 Å². The van der Waals surface area contributed by atoms with E-state index in [1.165, 1.54) is 26.4 Å². The van der Waals surface area contributed by atoms with Gasteiger partial charge in [-0.15, -0.1) is 0 Å². The van der Waals surface area contributed by atoms with Crippen molar-refractivity contribution >= 4 is 22.4 Å². The van der Waals surface area contributed by atoms with Crippen molar-refractivity contribution in [3.63, 3.8) is 0 Å². The van der Waals surface area contributed by atoms with Crippen molar-refractivity contribution in [3.05, 3.63) is 58.0 Å². The van der Waals surface area contributed by atoms with Gasteiger partial charge < -0.3 is 14.8 Å². The molecule has 2 aromatic carbocycles. The van der Waals surface area contributed by atoms with E-state index in [1.54, 1.807) is 24.3 Å². The summed E-state index contributed by atoms with van der Waals surface area (Å²) in [7, 11) is 2.93. The van der Waals surface area contributed by atoms with Crippen LogP contribution in [0.25, 0.3) is 10.8 Å². The third-order valence-corrected chi connectivity index (χ3v) is 4.02. The van der Waals surface area contributed by atoms with Crippen molar-refractivity contribution in [1.82, 2.24) is 10.2 Å². The van der Waals surface area contributed by atoms with E-state index >= 15 is 0 Å². The van der Waals surface area contributed by atoms with Crippen molar-refractivity contribution in [2.45, 2.75) is 6.42 Å². The molecule has 0 fully saturated rings. The molecule has 27 heavy (non-hydrogen) atoms. The minimum atomic E-state index is -0.386. The maximum absolute atomic E-state index is 12.5. The molecular formula is C19H16N4O4. The van der Waals surface area contributed by atoms with Crippen molar-refractivity contribution in [2.24, 2.45) is 0 Å². The van der Waals surface area contributed by atoms with Gasteiger partial charge in [-0.25, -0.2) is 5.10 Å². The number of aromatic amines is 1. The van der Waals surface area contributed by atoms with E-state index in [0.29, 0.717) is 33.7 Å². The standard InChI is InChI=1S/C19H16N4O4/c1-26-16-7-11(10-20)14(8-17(16)27-2)21-18(24)9-15-12-5-3-4-6-13(12)19(25)23-22-15/h3-8H,9H2,1-2H3,(H,21,24)(H,23,25). The number of ether oxygens (including phenoxy) is 2. The van der Waals surface area contributed by atoms with Gasteiger partial charge in [-0.1, -0.05) is 18.2 Å². The van der Waals surface area contributed by atoms with Crippen molar-refractivity contribution in [3.8, 4) is 17.6 Å². The predicted molar refractivity (Wildman–Crippen MR) is 99.0 cm³/mol. The summed E-state index contributed by atoms with van der Waals surface area (Å²) in [5.74, 6) is 0.392. The molecule has 3 aromatic rings. The van der Waals surface area contributed by atoms with Crippen molar-refractivity contribution in [1.29, 1.82) is 5.26 Å². The number of benzene rings is 2. The quantitative estimate of drug-likeness (QED) is 0.715. The normalized spacial score (nSPS) is 10.3. The Labute approximate surface area is 154 Å². The fourth-order valence-corrected chi connectivity index (χ4v) is 2.73. The van der Waals surface area contributed by atoms with Crippen molar-refractivity contribution < 1.29 is 14.3 Å². The second-order valence-electron chi connectivity index (χ2n) is 5.63. The van der Waals surface area contributed by atoms with Crippen LogP contribution in [0.15, 0.2) is 41.2 Å². The number of carbonyl (C=O) groups excluding carboxylic acids is 1. The Balaban J connectivity index is 1.90. The van der Waals surface area contributed by atoms with Crippen molar-refractivity contribution in [2.75, 3.05) is 19.5 Å². The Morgan fingerprint density at radius 1 is 1.19 bits per heavy atom. The molecule has 3 rings (SSSR count). The molecule has 0 aliphatic carbocycles. The lowest BCUT2D eigenvalue weighted by Gasteiger charge is -2.12. The summed E-state index contributed by atoms with van der Waals surface area (Å²) < 4.78 is 10.4. The molecule has 8 nitrogen and oxygen atoms in total. The highest BCUT2D eigenvalue weighted by atomic mass is 16.5. The first-order chi connectivity index (χ1) is 13.1. The Hall–Kier alpha value is -3.86. The van der Waals surface area contributed by atoms with Gasteiger partial charge >= 0.3 is 0 Å². The Bertz CT molecular complexity index is 1110. The number of fused-ring (bicyclic) bond motifs is 1. The van der Waals surface area contributed by atoms with Crippen LogP contribution in [0.2, 0.25) is 0 Å². The predicted octanol–water partition coefficient (Wildman–Crippen LogP) is 1.99. The molecule has 1 heterocycles. The smallest absolute Gasteiger partial charge is 0.272 e. The molecule has 0 saturated heterocycles. The second kappa shape index (κ2) is 7.58. The molecule has 0 unspecified atom stereocenters. The van der Waals surface area contributed by atoms with E-state index in [-0.39, 0.29) is 23.5 Å². The number of hydrogen-bond acceptors (Lipinski definition) is 6. The molecule has 2 N–H and O–H groups in total. The number of nitrogens with zero attached hydrogens (tertiary/aromatic N) is 2. The van der Waals surface area contributed by atoms with E-state index in [2.05, 4.69) is 15.5 Å². The average molecular weight is 364 g/mol. The summed E-state index contributed by atoms with van der Waals surface area (Å²) >= 11 is 0. The number of carbonyl (C=O) groups is 1. The van der Waals surface area contributed by atoms with Gasteiger partial charge in [-0.2, -0.15) is 10.4 Å². The molecule has 0 saturated carbocycles. The summed E-state index contributed by atoms with van der Waals surface area (Å²) in [5, 5.41) is 19.4. The lowest BCUT2D eigenvalue weighted by atomic mass is 10.1. The minimum absolute atomic E-state index is 0.0729. The minimum Gasteiger partial charge on any atom is -0.493 e. The molecule has 1 amide bonds. The number of nitrogens with one attached hydrogen (secondary N) is 2. The van der Waals surface area contributed by atoms with Crippen LogP contribution in [-0.2, 0) is 11.2 Å². The summed E-state index contributed by atoms with van der Waals surface area (Å²) in [5.41, 5.74) is 0.650. The van der Waals surface area contributed by atoms with E-state index in [4.69, 9.17) is 9.47 Å². The fourth-order valence-electron chi connectivity index (χ4n) is 2.73. The molecule has 1 aromatic heterocycles. The van der Waals surface area contributed by atoms with Crippen LogP contribution in [0, 0.1) is 11.3 Å². The molecule has 8 heteroatoms. The zero-order chi connectivity index (χ0) is 19.4. The number of hydrogen-bond donors (Lipinski definition) is 2. The van der Waals surface area contributed by atoms with Gasteiger partial charge in [0, 0.05) is 17.5 Å². The van der Waals surface area contributed by atoms with Gasteiger partial charge in [-0.3, -0.25) is 9.59 Å². The number of anilines is 1. The zero-order valence-corrected chi connectivity index (χ0v) is 14.7. The number of nitriles is 1. The van der Waals surface area contributed by atoms with Gasteiger partial charge in [-0.05, 0) is 6.07 Å². The average Bonchev–Trinajstić information content (AvgIpc) is 2.70. The van der Waals surface area contributed by atoms with Crippen LogP contribution in [0.3, 0.4) is 0 Å². The third-order valence-electron chi connectivity index (χ3n) is 4.02. The summed E-state index contributed by atoms with van der Waals surface area (Å²) in [6.45, 7) is 0. The molecular weight excluding hydrogens is 348 g/mol. The monoisotopic (exact) mass is 364 g/mol. The maximum atomic E-state index is 12.5. The molecule has 0 aliphatic heterocycles. The molecule has 136 valence electrons. The molecule has 0 aliphatic rings.